The van der Waals surface area contributed by atoms with Crippen LogP contribution in [-0.2, 0) is 0 Å². The zero-order valence-corrected chi connectivity index (χ0v) is 10.5. The normalized spacial score (nSPS) is 25.6. The van der Waals surface area contributed by atoms with Gasteiger partial charge in [0.25, 0.3) is 0 Å². The molecule has 1 aromatic rings. The largest absolute Gasteiger partial charge is 0.387 e. The van der Waals surface area contributed by atoms with Crippen LogP contribution >= 0.6 is 11.6 Å². The molecule has 0 bridgehead atoms. The van der Waals surface area contributed by atoms with E-state index >= 15 is 0 Å². The van der Waals surface area contributed by atoms with Crippen molar-refractivity contribution in [2.75, 3.05) is 0 Å². The Morgan fingerprint density at radius 1 is 1.44 bits per heavy atom. The van der Waals surface area contributed by atoms with Crippen LogP contribution in [0.1, 0.15) is 38.4 Å². The number of aliphatic hydroxyl groups excluding tert-OH is 1. The Labute approximate surface area is 102 Å². The number of halogens is 1. The van der Waals surface area contributed by atoms with E-state index in [0.29, 0.717) is 5.02 Å². The summed E-state index contributed by atoms with van der Waals surface area (Å²) in [5.74, 6) is 0. The fraction of sp³-hybridized carbons (Fsp3) is 0.538. The Hall–Kier alpha value is -0.570. The molecule has 0 amide bonds. The SMILES string of the molecule is CC1(C)CCC([C@@H](O)c2ccccc2Cl)N1. The van der Waals surface area contributed by atoms with Gasteiger partial charge >= 0.3 is 0 Å². The third-order valence-electron chi connectivity index (χ3n) is 3.26. The summed E-state index contributed by atoms with van der Waals surface area (Å²) in [6, 6.07) is 7.60. The van der Waals surface area contributed by atoms with Crippen molar-refractivity contribution in [3.05, 3.63) is 34.9 Å². The van der Waals surface area contributed by atoms with Gasteiger partial charge in [0.1, 0.15) is 0 Å². The maximum Gasteiger partial charge on any atom is 0.0957 e. The molecule has 1 fully saturated rings. The molecule has 0 saturated carbocycles. The van der Waals surface area contributed by atoms with E-state index in [1.165, 1.54) is 0 Å². The van der Waals surface area contributed by atoms with Crippen molar-refractivity contribution in [1.82, 2.24) is 5.32 Å². The highest BCUT2D eigenvalue weighted by molar-refractivity contribution is 6.31. The zero-order valence-electron chi connectivity index (χ0n) is 9.70. The smallest absolute Gasteiger partial charge is 0.0957 e. The Kier molecular flexibility index (Phi) is 3.24. The third-order valence-corrected chi connectivity index (χ3v) is 3.61. The Morgan fingerprint density at radius 2 is 2.12 bits per heavy atom. The summed E-state index contributed by atoms with van der Waals surface area (Å²) < 4.78 is 0. The van der Waals surface area contributed by atoms with Crippen molar-refractivity contribution in [2.24, 2.45) is 0 Å². The molecule has 0 spiro atoms. The van der Waals surface area contributed by atoms with E-state index in [1.807, 2.05) is 24.3 Å². The van der Waals surface area contributed by atoms with Gasteiger partial charge in [-0.3, -0.25) is 0 Å². The van der Waals surface area contributed by atoms with Crippen LogP contribution in [0.25, 0.3) is 0 Å². The van der Waals surface area contributed by atoms with Gasteiger partial charge in [-0.1, -0.05) is 29.8 Å². The summed E-state index contributed by atoms with van der Waals surface area (Å²) in [7, 11) is 0. The van der Waals surface area contributed by atoms with Crippen LogP contribution < -0.4 is 5.32 Å². The first-order valence-electron chi connectivity index (χ1n) is 5.70. The van der Waals surface area contributed by atoms with Crippen molar-refractivity contribution in [1.29, 1.82) is 0 Å². The van der Waals surface area contributed by atoms with Crippen molar-refractivity contribution < 1.29 is 5.11 Å². The fourth-order valence-corrected chi connectivity index (χ4v) is 2.58. The molecule has 3 heteroatoms. The quantitative estimate of drug-likeness (QED) is 0.832. The molecule has 1 aliphatic rings. The van der Waals surface area contributed by atoms with Crippen molar-refractivity contribution in [3.63, 3.8) is 0 Å². The minimum atomic E-state index is -0.518. The van der Waals surface area contributed by atoms with Crippen molar-refractivity contribution >= 4 is 11.6 Å². The molecule has 88 valence electrons. The molecule has 1 aliphatic heterocycles. The van der Waals surface area contributed by atoms with E-state index < -0.39 is 6.10 Å². The third kappa shape index (κ3) is 2.40. The summed E-state index contributed by atoms with van der Waals surface area (Å²) in [4.78, 5) is 0. The predicted molar refractivity (Wildman–Crippen MR) is 66.6 cm³/mol. The molecule has 16 heavy (non-hydrogen) atoms. The highest BCUT2D eigenvalue weighted by atomic mass is 35.5. The van der Waals surface area contributed by atoms with E-state index in [2.05, 4.69) is 19.2 Å². The van der Waals surface area contributed by atoms with E-state index in [4.69, 9.17) is 11.6 Å². The first-order valence-corrected chi connectivity index (χ1v) is 6.07. The first kappa shape index (κ1) is 11.9. The number of hydrogen-bond donors (Lipinski definition) is 2. The standard InChI is InChI=1S/C13H18ClNO/c1-13(2)8-7-11(15-13)12(16)9-5-3-4-6-10(9)14/h3-6,11-12,15-16H,7-8H2,1-2H3/t11?,12-/m0/s1. The molecule has 0 aromatic heterocycles. The van der Waals surface area contributed by atoms with Crippen LogP contribution in [0.4, 0.5) is 0 Å². The summed E-state index contributed by atoms with van der Waals surface area (Å²) >= 11 is 6.08. The van der Waals surface area contributed by atoms with Crippen LogP contribution in [0, 0.1) is 0 Å². The first-order chi connectivity index (χ1) is 7.49. The maximum absolute atomic E-state index is 10.3. The van der Waals surface area contributed by atoms with Crippen LogP contribution in [-0.4, -0.2) is 16.7 Å². The second kappa shape index (κ2) is 4.36. The highest BCUT2D eigenvalue weighted by Gasteiger charge is 2.34. The summed E-state index contributed by atoms with van der Waals surface area (Å²) in [6.07, 6.45) is 1.55. The molecule has 0 aliphatic carbocycles. The van der Waals surface area contributed by atoms with Crippen LogP contribution in [0.3, 0.4) is 0 Å². The van der Waals surface area contributed by atoms with Gasteiger partial charge in [0.05, 0.1) is 6.10 Å². The van der Waals surface area contributed by atoms with Gasteiger partial charge in [0.15, 0.2) is 0 Å². The fourth-order valence-electron chi connectivity index (χ4n) is 2.33. The molecule has 1 unspecified atom stereocenters. The number of benzene rings is 1. The lowest BCUT2D eigenvalue weighted by Crippen LogP contribution is -2.40. The lowest BCUT2D eigenvalue weighted by molar-refractivity contribution is 0.132. The lowest BCUT2D eigenvalue weighted by atomic mass is 10.00. The van der Waals surface area contributed by atoms with E-state index in [0.717, 1.165) is 18.4 Å². The molecule has 2 rings (SSSR count). The van der Waals surface area contributed by atoms with E-state index in [-0.39, 0.29) is 11.6 Å². The highest BCUT2D eigenvalue weighted by Crippen LogP contribution is 2.32. The topological polar surface area (TPSA) is 32.3 Å². The Balaban J connectivity index is 2.15. The second-order valence-corrected chi connectivity index (χ2v) is 5.55. The van der Waals surface area contributed by atoms with Gasteiger partial charge in [0, 0.05) is 22.2 Å². The number of nitrogens with one attached hydrogen (secondary N) is 1. The monoisotopic (exact) mass is 239 g/mol. The molecule has 0 radical (unpaired) electrons. The summed E-state index contributed by atoms with van der Waals surface area (Å²) in [6.45, 7) is 4.32. The van der Waals surface area contributed by atoms with E-state index in [9.17, 15) is 5.11 Å². The molecular weight excluding hydrogens is 222 g/mol. The van der Waals surface area contributed by atoms with Gasteiger partial charge in [-0.2, -0.15) is 0 Å². The number of rotatable bonds is 2. The molecule has 1 heterocycles. The molecule has 1 aromatic carbocycles. The average Bonchev–Trinajstić information content (AvgIpc) is 2.59. The zero-order chi connectivity index (χ0) is 11.8. The van der Waals surface area contributed by atoms with Gasteiger partial charge in [-0.05, 0) is 32.8 Å². The second-order valence-electron chi connectivity index (χ2n) is 5.14. The minimum Gasteiger partial charge on any atom is -0.387 e. The summed E-state index contributed by atoms with van der Waals surface area (Å²) in [5, 5.41) is 14.4. The van der Waals surface area contributed by atoms with Gasteiger partial charge in [0.2, 0.25) is 0 Å². The lowest BCUT2D eigenvalue weighted by Gasteiger charge is -2.24. The molecular formula is C13H18ClNO. The molecule has 2 N–H and O–H groups in total. The summed E-state index contributed by atoms with van der Waals surface area (Å²) in [5.41, 5.74) is 0.937. The Morgan fingerprint density at radius 3 is 2.69 bits per heavy atom. The average molecular weight is 240 g/mol. The van der Waals surface area contributed by atoms with Gasteiger partial charge in [-0.15, -0.1) is 0 Å². The maximum atomic E-state index is 10.3. The molecule has 2 atom stereocenters. The minimum absolute atomic E-state index is 0.106. The van der Waals surface area contributed by atoms with Crippen LogP contribution in [0.5, 0.6) is 0 Å². The van der Waals surface area contributed by atoms with E-state index in [1.54, 1.807) is 0 Å². The Bertz CT molecular complexity index is 378. The molecule has 1 saturated heterocycles. The van der Waals surface area contributed by atoms with Crippen molar-refractivity contribution in [3.8, 4) is 0 Å². The van der Waals surface area contributed by atoms with Crippen LogP contribution in [0.2, 0.25) is 5.02 Å². The van der Waals surface area contributed by atoms with Gasteiger partial charge < -0.3 is 10.4 Å². The predicted octanol–water partition coefficient (Wildman–Crippen LogP) is 2.90. The molecule has 2 nitrogen and oxygen atoms in total. The number of aliphatic hydroxyl groups is 1. The van der Waals surface area contributed by atoms with Crippen LogP contribution in [0.15, 0.2) is 24.3 Å². The van der Waals surface area contributed by atoms with Crippen molar-refractivity contribution in [2.45, 2.75) is 44.4 Å². The number of hydrogen-bond acceptors (Lipinski definition) is 2. The van der Waals surface area contributed by atoms with Gasteiger partial charge in [-0.25, -0.2) is 0 Å².